The van der Waals surface area contributed by atoms with Gasteiger partial charge in [-0.2, -0.15) is 0 Å². The number of hydrogen-bond donors (Lipinski definition) is 3. The van der Waals surface area contributed by atoms with E-state index in [1.807, 2.05) is 0 Å². The molecule has 0 aromatic rings. The van der Waals surface area contributed by atoms with Gasteiger partial charge in [-0.15, -0.1) is 0 Å². The van der Waals surface area contributed by atoms with E-state index < -0.39 is 97.5 Å². The highest BCUT2D eigenvalue weighted by Crippen LogP contribution is 2.45. The van der Waals surface area contributed by atoms with Crippen molar-refractivity contribution in [1.29, 1.82) is 0 Å². The van der Waals surface area contributed by atoms with Crippen molar-refractivity contribution in [3.8, 4) is 0 Å². The Morgan fingerprint density at radius 2 is 0.530 bits per heavy atom. The minimum atomic E-state index is -4.98. The lowest BCUT2D eigenvalue weighted by Gasteiger charge is -2.21. The normalized spacial score (nSPS) is 14.5. The summed E-state index contributed by atoms with van der Waals surface area (Å²) in [6, 6.07) is 0. The van der Waals surface area contributed by atoms with Crippen LogP contribution in [0.5, 0.6) is 0 Å². The minimum absolute atomic E-state index is 0.0757. The Balaban J connectivity index is 5.35. The summed E-state index contributed by atoms with van der Waals surface area (Å²) in [5, 5.41) is 10.6. The van der Waals surface area contributed by atoms with Gasteiger partial charge in [-0.05, 0) is 122 Å². The molecule has 0 aliphatic rings. The van der Waals surface area contributed by atoms with Crippen molar-refractivity contribution < 1.29 is 80.2 Å². The standard InChI is InChI=1S/C81H140O17P2/c1-5-9-13-17-21-25-29-32-35-36-37-38-41-43-47-50-54-58-62-66-79(84)91-71-76(97-80(85)67-63-59-55-51-45-28-24-20-16-12-8-4)73-95-99(87,88)93-69-75(82)70-94-100(89,90)96-74-77(98-81(86)68-64-60-56-52-48-44-40-34-31-27-23-19-15-11-7-3)72-92-78(83)65-61-57-53-49-46-42-39-33-30-26-22-18-14-10-6-2/h9-10,13-14,20-22,24-26,32-33,35,37-39,43,47,75-77,82H,5-8,11-12,15-19,23,27-31,34,36,40-42,44-46,48-74H2,1-4H3,(H,87,88)(H,89,90)/b13-9-,14-10-,24-20-,25-21-,26-22-,35-32-,38-37-,39-33-,47-43-. The summed E-state index contributed by atoms with van der Waals surface area (Å²) in [6.45, 7) is 4.57. The fourth-order valence-electron chi connectivity index (χ4n) is 10.3. The summed E-state index contributed by atoms with van der Waals surface area (Å²) < 4.78 is 68.5. The van der Waals surface area contributed by atoms with Crippen LogP contribution in [0.4, 0.5) is 0 Å². The van der Waals surface area contributed by atoms with E-state index >= 15 is 0 Å². The Morgan fingerprint density at radius 3 is 0.850 bits per heavy atom. The number of carbonyl (C=O) groups excluding carboxylic acids is 4. The zero-order valence-corrected chi connectivity index (χ0v) is 64.6. The third-order valence-electron chi connectivity index (χ3n) is 16.2. The number of hydrogen-bond acceptors (Lipinski definition) is 15. The Morgan fingerprint density at radius 1 is 0.290 bits per heavy atom. The summed E-state index contributed by atoms with van der Waals surface area (Å²) in [6.07, 6.45) is 77.9. The van der Waals surface area contributed by atoms with Gasteiger partial charge in [0.25, 0.3) is 0 Å². The van der Waals surface area contributed by atoms with Gasteiger partial charge in [0.15, 0.2) is 12.2 Å². The highest BCUT2D eigenvalue weighted by atomic mass is 31.2. The van der Waals surface area contributed by atoms with Crippen LogP contribution < -0.4 is 0 Å². The number of esters is 4. The lowest BCUT2D eigenvalue weighted by molar-refractivity contribution is -0.161. The molecular weight excluding hydrogens is 1310 g/mol. The Hall–Kier alpha value is -4.28. The lowest BCUT2D eigenvalue weighted by Crippen LogP contribution is -2.30. The molecule has 0 aromatic heterocycles. The molecule has 19 heteroatoms. The van der Waals surface area contributed by atoms with Gasteiger partial charge >= 0.3 is 39.5 Å². The molecule has 5 unspecified atom stereocenters. The molecule has 0 heterocycles. The maximum atomic E-state index is 13.1. The predicted molar refractivity (Wildman–Crippen MR) is 408 cm³/mol. The summed E-state index contributed by atoms with van der Waals surface area (Å²) in [4.78, 5) is 72.9. The van der Waals surface area contributed by atoms with E-state index in [0.717, 1.165) is 167 Å². The molecule has 0 amide bonds. The number of ether oxygens (including phenoxy) is 4. The van der Waals surface area contributed by atoms with Crippen molar-refractivity contribution in [1.82, 2.24) is 0 Å². The van der Waals surface area contributed by atoms with Crippen LogP contribution in [-0.4, -0.2) is 96.7 Å². The van der Waals surface area contributed by atoms with Gasteiger partial charge in [0.1, 0.15) is 19.3 Å². The first kappa shape index (κ1) is 95.7. The number of phosphoric acid groups is 2. The fourth-order valence-corrected chi connectivity index (χ4v) is 11.9. The molecule has 3 N–H and O–H groups in total. The monoisotopic (exact) mass is 1450 g/mol. The number of unbranched alkanes of at least 4 members (excludes halogenated alkanes) is 29. The topological polar surface area (TPSA) is 237 Å². The Bertz CT molecular complexity index is 2320. The molecule has 576 valence electrons. The number of aliphatic hydroxyl groups is 1. The van der Waals surface area contributed by atoms with Gasteiger partial charge in [0, 0.05) is 25.7 Å². The van der Waals surface area contributed by atoms with Crippen LogP contribution >= 0.6 is 15.6 Å². The second-order valence-corrected chi connectivity index (χ2v) is 28.8. The van der Waals surface area contributed by atoms with Crippen molar-refractivity contribution in [2.45, 2.75) is 341 Å². The van der Waals surface area contributed by atoms with Crippen LogP contribution in [0.25, 0.3) is 0 Å². The first-order chi connectivity index (χ1) is 48.7. The van der Waals surface area contributed by atoms with Crippen LogP contribution in [0.1, 0.15) is 323 Å². The van der Waals surface area contributed by atoms with Crippen molar-refractivity contribution >= 4 is 39.5 Å². The van der Waals surface area contributed by atoms with Gasteiger partial charge in [-0.3, -0.25) is 37.3 Å². The molecule has 0 aliphatic heterocycles. The quantitative estimate of drug-likeness (QED) is 0.0169. The molecule has 0 rings (SSSR count). The third-order valence-corrected chi connectivity index (χ3v) is 18.1. The minimum Gasteiger partial charge on any atom is -0.462 e. The first-order valence-corrected chi connectivity index (χ1v) is 42.1. The van der Waals surface area contributed by atoms with E-state index in [0.29, 0.717) is 25.7 Å². The number of rotatable bonds is 73. The molecule has 0 spiro atoms. The highest BCUT2D eigenvalue weighted by molar-refractivity contribution is 7.47. The molecule has 0 bridgehead atoms. The number of carbonyl (C=O) groups is 4. The number of phosphoric ester groups is 2. The zero-order chi connectivity index (χ0) is 73.2. The van der Waals surface area contributed by atoms with Gasteiger partial charge in [0.05, 0.1) is 26.4 Å². The number of allylic oxidation sites excluding steroid dienone is 18. The zero-order valence-electron chi connectivity index (χ0n) is 62.8. The van der Waals surface area contributed by atoms with Crippen molar-refractivity contribution in [3.63, 3.8) is 0 Å². The van der Waals surface area contributed by atoms with E-state index in [1.165, 1.54) is 77.0 Å². The molecule has 17 nitrogen and oxygen atoms in total. The van der Waals surface area contributed by atoms with E-state index in [9.17, 15) is 43.2 Å². The van der Waals surface area contributed by atoms with Crippen molar-refractivity contribution in [3.05, 3.63) is 109 Å². The summed E-state index contributed by atoms with van der Waals surface area (Å²) >= 11 is 0. The SMILES string of the molecule is CC/C=C\C/C=C\C/C=C\C/C=C\C/C=C\CCCCCC(=O)OCC(COP(=O)(O)OCC(O)COP(=O)(O)OCC(COC(=O)CCCCCCC/C=C\C/C=C\C/C=C\CC)OC(=O)CCCCCCCCCCCCCCCCC)OC(=O)CCCCCCC/C=C\CCCC. The highest BCUT2D eigenvalue weighted by Gasteiger charge is 2.30. The molecular formula is C81H140O17P2. The molecule has 0 fully saturated rings. The van der Waals surface area contributed by atoms with Crippen LogP contribution in [0.2, 0.25) is 0 Å². The van der Waals surface area contributed by atoms with Gasteiger partial charge in [0.2, 0.25) is 0 Å². The molecule has 5 atom stereocenters. The smallest absolute Gasteiger partial charge is 0.462 e. The molecule has 0 saturated carbocycles. The third kappa shape index (κ3) is 72.1. The van der Waals surface area contributed by atoms with Gasteiger partial charge in [-0.25, -0.2) is 9.13 Å². The lowest BCUT2D eigenvalue weighted by atomic mass is 10.0. The molecule has 100 heavy (non-hydrogen) atoms. The van der Waals surface area contributed by atoms with Crippen LogP contribution in [0.15, 0.2) is 109 Å². The maximum absolute atomic E-state index is 13.1. The van der Waals surface area contributed by atoms with Crippen molar-refractivity contribution in [2.24, 2.45) is 0 Å². The Kier molecular flexibility index (Phi) is 69.9. The van der Waals surface area contributed by atoms with E-state index in [-0.39, 0.29) is 25.7 Å². The van der Waals surface area contributed by atoms with E-state index in [4.69, 9.17) is 37.0 Å². The van der Waals surface area contributed by atoms with Gasteiger partial charge in [-0.1, -0.05) is 285 Å². The first-order valence-electron chi connectivity index (χ1n) is 39.1. The molecule has 0 aliphatic carbocycles. The second-order valence-electron chi connectivity index (χ2n) is 25.9. The molecule has 0 radical (unpaired) electrons. The fraction of sp³-hybridized carbons (Fsp3) is 0.728. The predicted octanol–water partition coefficient (Wildman–Crippen LogP) is 22.6. The largest absolute Gasteiger partial charge is 0.472 e. The second kappa shape index (κ2) is 73.0. The van der Waals surface area contributed by atoms with Crippen LogP contribution in [-0.2, 0) is 65.4 Å². The summed E-state index contributed by atoms with van der Waals surface area (Å²) in [7, 11) is -9.96. The summed E-state index contributed by atoms with van der Waals surface area (Å²) in [5.74, 6) is -2.23. The average molecular weight is 1450 g/mol. The maximum Gasteiger partial charge on any atom is 0.472 e. The molecule has 0 aromatic carbocycles. The van der Waals surface area contributed by atoms with E-state index in [2.05, 4.69) is 137 Å². The Labute approximate surface area is 607 Å². The molecule has 0 saturated heterocycles. The average Bonchev–Trinajstić information content (AvgIpc) is 0.953. The van der Waals surface area contributed by atoms with Crippen LogP contribution in [0.3, 0.4) is 0 Å². The van der Waals surface area contributed by atoms with Crippen LogP contribution in [0, 0.1) is 0 Å². The van der Waals surface area contributed by atoms with Gasteiger partial charge < -0.3 is 33.8 Å². The van der Waals surface area contributed by atoms with Crippen molar-refractivity contribution in [2.75, 3.05) is 39.6 Å². The van der Waals surface area contributed by atoms with E-state index in [1.54, 1.807) is 0 Å². The number of aliphatic hydroxyl groups excluding tert-OH is 1. The summed E-state index contributed by atoms with van der Waals surface area (Å²) in [5.41, 5.74) is 0.